The van der Waals surface area contributed by atoms with Crippen molar-refractivity contribution in [2.45, 2.75) is 19.8 Å². The largest absolute Gasteiger partial charge is 0.462 e. The van der Waals surface area contributed by atoms with E-state index in [1.165, 1.54) is 0 Å². The molecule has 0 fully saturated rings. The zero-order valence-electron chi connectivity index (χ0n) is 10.8. The Hall–Kier alpha value is -2.23. The summed E-state index contributed by atoms with van der Waals surface area (Å²) in [7, 11) is 0. The highest BCUT2D eigenvalue weighted by Crippen LogP contribution is 2.13. The quantitative estimate of drug-likeness (QED) is 0.327. The summed E-state index contributed by atoms with van der Waals surface area (Å²) in [6.07, 6.45) is 2.49. The molecule has 0 aliphatic rings. The molecule has 1 rings (SSSR count). The SMILES string of the molecule is C=C(C)C(=O)OCCCc1cccc(C=O)c1C=O. The number of hydrogen-bond acceptors (Lipinski definition) is 4. The second kappa shape index (κ2) is 7.26. The molecule has 0 atom stereocenters. The van der Waals surface area contributed by atoms with E-state index in [0.717, 1.165) is 5.56 Å². The molecule has 4 nitrogen and oxygen atoms in total. The summed E-state index contributed by atoms with van der Waals surface area (Å²) in [4.78, 5) is 32.9. The van der Waals surface area contributed by atoms with Crippen LogP contribution in [0.4, 0.5) is 0 Å². The van der Waals surface area contributed by atoms with Crippen molar-refractivity contribution in [2.24, 2.45) is 0 Å². The molecule has 4 heteroatoms. The first-order valence-electron chi connectivity index (χ1n) is 5.95. The van der Waals surface area contributed by atoms with Gasteiger partial charge >= 0.3 is 5.97 Å². The Labute approximate surface area is 112 Å². The summed E-state index contributed by atoms with van der Waals surface area (Å²) in [6.45, 7) is 5.33. The molecule has 0 N–H and O–H groups in total. The minimum atomic E-state index is -0.419. The van der Waals surface area contributed by atoms with Crippen LogP contribution in [-0.4, -0.2) is 25.1 Å². The van der Waals surface area contributed by atoms with E-state index in [1.54, 1.807) is 25.1 Å². The average molecular weight is 260 g/mol. The molecule has 0 bridgehead atoms. The van der Waals surface area contributed by atoms with Crippen molar-refractivity contribution in [2.75, 3.05) is 6.61 Å². The number of aryl methyl sites for hydroxylation is 1. The van der Waals surface area contributed by atoms with Gasteiger partial charge in [0.05, 0.1) is 6.61 Å². The van der Waals surface area contributed by atoms with Crippen molar-refractivity contribution in [3.8, 4) is 0 Å². The number of esters is 1. The number of hydrogen-bond donors (Lipinski definition) is 0. The fourth-order valence-electron chi connectivity index (χ4n) is 1.65. The number of rotatable bonds is 7. The molecule has 0 amide bonds. The van der Waals surface area contributed by atoms with Crippen LogP contribution in [0.2, 0.25) is 0 Å². The summed E-state index contributed by atoms with van der Waals surface area (Å²) < 4.78 is 4.96. The first-order valence-corrected chi connectivity index (χ1v) is 5.95. The molecule has 0 spiro atoms. The van der Waals surface area contributed by atoms with Gasteiger partial charge in [-0.3, -0.25) is 9.59 Å². The van der Waals surface area contributed by atoms with E-state index >= 15 is 0 Å². The third kappa shape index (κ3) is 4.17. The van der Waals surface area contributed by atoms with Gasteiger partial charge < -0.3 is 4.74 Å². The Morgan fingerprint density at radius 1 is 1.32 bits per heavy atom. The van der Waals surface area contributed by atoms with Crippen molar-refractivity contribution < 1.29 is 19.1 Å². The predicted molar refractivity (Wildman–Crippen MR) is 71.3 cm³/mol. The summed E-state index contributed by atoms with van der Waals surface area (Å²) in [5.41, 5.74) is 1.93. The molecule has 1 aromatic rings. The fraction of sp³-hybridized carbons (Fsp3) is 0.267. The van der Waals surface area contributed by atoms with Gasteiger partial charge in [-0.2, -0.15) is 0 Å². The van der Waals surface area contributed by atoms with Gasteiger partial charge in [0, 0.05) is 16.7 Å². The number of benzene rings is 1. The summed E-state index contributed by atoms with van der Waals surface area (Å²) in [6, 6.07) is 5.12. The average Bonchev–Trinajstić information content (AvgIpc) is 2.42. The van der Waals surface area contributed by atoms with Crippen LogP contribution in [0.3, 0.4) is 0 Å². The molecule has 1 aromatic carbocycles. The van der Waals surface area contributed by atoms with Crippen LogP contribution < -0.4 is 0 Å². The van der Waals surface area contributed by atoms with Gasteiger partial charge in [0.1, 0.15) is 0 Å². The lowest BCUT2D eigenvalue weighted by molar-refractivity contribution is -0.139. The number of aldehydes is 2. The van der Waals surface area contributed by atoms with Crippen LogP contribution >= 0.6 is 0 Å². The zero-order valence-corrected chi connectivity index (χ0v) is 10.8. The third-order valence-electron chi connectivity index (χ3n) is 2.65. The van der Waals surface area contributed by atoms with Crippen molar-refractivity contribution in [3.63, 3.8) is 0 Å². The van der Waals surface area contributed by atoms with E-state index in [1.807, 2.05) is 0 Å². The van der Waals surface area contributed by atoms with Gasteiger partial charge in [-0.15, -0.1) is 0 Å². The van der Waals surface area contributed by atoms with Crippen molar-refractivity contribution in [3.05, 3.63) is 47.0 Å². The third-order valence-corrected chi connectivity index (χ3v) is 2.65. The Bertz CT molecular complexity index is 503. The monoisotopic (exact) mass is 260 g/mol. The highest BCUT2D eigenvalue weighted by molar-refractivity contribution is 5.91. The van der Waals surface area contributed by atoms with E-state index in [0.29, 0.717) is 42.1 Å². The molecule has 0 aliphatic carbocycles. The Balaban J connectivity index is 2.59. The van der Waals surface area contributed by atoms with Gasteiger partial charge in [-0.25, -0.2) is 4.79 Å². The van der Waals surface area contributed by atoms with E-state index in [9.17, 15) is 14.4 Å². The Morgan fingerprint density at radius 2 is 2.05 bits per heavy atom. The molecular weight excluding hydrogens is 244 g/mol. The molecule has 0 unspecified atom stereocenters. The lowest BCUT2D eigenvalue weighted by atomic mass is 9.99. The van der Waals surface area contributed by atoms with Gasteiger partial charge in [0.2, 0.25) is 0 Å². The first kappa shape index (κ1) is 14.8. The first-order chi connectivity index (χ1) is 9.10. The molecular formula is C15H16O4. The minimum absolute atomic E-state index is 0.259. The topological polar surface area (TPSA) is 60.4 Å². The summed E-state index contributed by atoms with van der Waals surface area (Å²) in [5.74, 6) is -0.419. The standard InChI is InChI=1S/C15H16O4/c1-11(2)15(18)19-8-4-7-12-5-3-6-13(9-16)14(12)10-17/h3,5-6,9-10H,1,4,7-8H2,2H3. The smallest absolute Gasteiger partial charge is 0.333 e. The highest BCUT2D eigenvalue weighted by Gasteiger charge is 2.07. The van der Waals surface area contributed by atoms with Crippen molar-refractivity contribution >= 4 is 18.5 Å². The van der Waals surface area contributed by atoms with Crippen LogP contribution in [0, 0.1) is 0 Å². The summed E-state index contributed by atoms with van der Waals surface area (Å²) in [5, 5.41) is 0. The molecule has 0 aromatic heterocycles. The molecule has 0 saturated heterocycles. The lowest BCUT2D eigenvalue weighted by Crippen LogP contribution is -2.07. The normalized spacial score (nSPS) is 9.74. The van der Waals surface area contributed by atoms with Crippen molar-refractivity contribution in [1.82, 2.24) is 0 Å². The Morgan fingerprint density at radius 3 is 2.63 bits per heavy atom. The van der Waals surface area contributed by atoms with Gasteiger partial charge in [-0.1, -0.05) is 24.8 Å². The van der Waals surface area contributed by atoms with Crippen LogP contribution in [0.1, 0.15) is 39.6 Å². The van der Waals surface area contributed by atoms with Crippen LogP contribution in [-0.2, 0) is 16.0 Å². The highest BCUT2D eigenvalue weighted by atomic mass is 16.5. The molecule has 0 heterocycles. The molecule has 0 aliphatic heterocycles. The second-order valence-electron chi connectivity index (χ2n) is 4.18. The maximum absolute atomic E-state index is 11.2. The van der Waals surface area contributed by atoms with E-state index in [4.69, 9.17) is 4.74 Å². The van der Waals surface area contributed by atoms with Gasteiger partial charge in [0.25, 0.3) is 0 Å². The van der Waals surface area contributed by atoms with Gasteiger partial charge in [0.15, 0.2) is 12.6 Å². The van der Waals surface area contributed by atoms with Crippen LogP contribution in [0.15, 0.2) is 30.4 Å². The number of carbonyl (C=O) groups is 3. The molecule has 19 heavy (non-hydrogen) atoms. The second-order valence-corrected chi connectivity index (χ2v) is 4.18. The van der Waals surface area contributed by atoms with E-state index in [-0.39, 0.29) is 6.61 Å². The maximum Gasteiger partial charge on any atom is 0.333 e. The number of carbonyl (C=O) groups excluding carboxylic acids is 3. The van der Waals surface area contributed by atoms with Gasteiger partial charge in [-0.05, 0) is 25.3 Å². The van der Waals surface area contributed by atoms with Crippen molar-refractivity contribution in [1.29, 1.82) is 0 Å². The molecule has 100 valence electrons. The number of ether oxygens (including phenoxy) is 1. The summed E-state index contributed by atoms with van der Waals surface area (Å²) >= 11 is 0. The maximum atomic E-state index is 11.2. The molecule has 0 radical (unpaired) electrons. The predicted octanol–water partition coefficient (Wildman–Crippen LogP) is 2.36. The van der Waals surface area contributed by atoms with E-state index in [2.05, 4.69) is 6.58 Å². The Kier molecular flexibility index (Phi) is 5.67. The molecule has 0 saturated carbocycles. The fourth-order valence-corrected chi connectivity index (χ4v) is 1.65. The van der Waals surface area contributed by atoms with E-state index < -0.39 is 5.97 Å². The van der Waals surface area contributed by atoms with Crippen LogP contribution in [0.5, 0.6) is 0 Å². The van der Waals surface area contributed by atoms with Crippen LogP contribution in [0.25, 0.3) is 0 Å². The zero-order chi connectivity index (χ0) is 14.3. The lowest BCUT2D eigenvalue weighted by Gasteiger charge is -2.07. The minimum Gasteiger partial charge on any atom is -0.462 e.